The Morgan fingerprint density at radius 3 is 2.64 bits per heavy atom. The van der Waals surface area contributed by atoms with E-state index in [-0.39, 0.29) is 17.9 Å². The number of carbonyl (C=O) groups excluding carboxylic acids is 2. The largest absolute Gasteiger partial charge is 0.463 e. The maximum Gasteiger partial charge on any atom is 0.257 e. The van der Waals surface area contributed by atoms with Gasteiger partial charge < -0.3 is 14.6 Å². The minimum Gasteiger partial charge on any atom is -0.463 e. The molecule has 0 radical (unpaired) electrons. The maximum atomic E-state index is 12.8. The summed E-state index contributed by atoms with van der Waals surface area (Å²) in [5, 5.41) is 3.83. The van der Waals surface area contributed by atoms with Gasteiger partial charge in [-0.05, 0) is 19.4 Å². The van der Waals surface area contributed by atoms with E-state index in [4.69, 9.17) is 4.42 Å². The molecule has 1 fully saturated rings. The zero-order valence-electron chi connectivity index (χ0n) is 14.8. The van der Waals surface area contributed by atoms with Crippen molar-refractivity contribution in [2.45, 2.75) is 26.3 Å². The Morgan fingerprint density at radius 2 is 1.92 bits per heavy atom. The van der Waals surface area contributed by atoms with Crippen molar-refractivity contribution in [3.8, 4) is 0 Å². The zero-order valence-corrected chi connectivity index (χ0v) is 14.8. The van der Waals surface area contributed by atoms with Crippen LogP contribution in [0, 0.1) is 0 Å². The fourth-order valence-corrected chi connectivity index (χ4v) is 3.05. The molecule has 1 atom stereocenters. The van der Waals surface area contributed by atoms with Crippen LogP contribution in [0.2, 0.25) is 0 Å². The Bertz CT molecular complexity index is 747. The van der Waals surface area contributed by atoms with E-state index in [0.29, 0.717) is 38.3 Å². The minimum atomic E-state index is -0.00587. The topological polar surface area (TPSA) is 65.8 Å². The van der Waals surface area contributed by atoms with Crippen molar-refractivity contribution in [1.82, 2.24) is 15.1 Å². The lowest BCUT2D eigenvalue weighted by Gasteiger charge is -2.34. The van der Waals surface area contributed by atoms with E-state index in [0.717, 1.165) is 17.4 Å². The standard InChI is InChI=1S/C19H25N3O3/c1-3-14(2)20-18(23)12-21-8-10-22(11-9-21)19(24)16-13-25-17-7-5-4-6-15(16)17/h4-7,13-14H,3,8-12H2,1-2H3,(H,20,23). The van der Waals surface area contributed by atoms with Crippen LogP contribution < -0.4 is 5.32 Å². The Morgan fingerprint density at radius 1 is 1.20 bits per heavy atom. The van der Waals surface area contributed by atoms with Gasteiger partial charge in [-0.3, -0.25) is 14.5 Å². The number of piperazine rings is 1. The van der Waals surface area contributed by atoms with Gasteiger partial charge >= 0.3 is 0 Å². The summed E-state index contributed by atoms with van der Waals surface area (Å²) in [6.07, 6.45) is 2.46. The number of hydrogen-bond acceptors (Lipinski definition) is 4. The highest BCUT2D eigenvalue weighted by Crippen LogP contribution is 2.22. The molecule has 1 N–H and O–H groups in total. The molecule has 3 rings (SSSR count). The SMILES string of the molecule is CCC(C)NC(=O)CN1CCN(C(=O)c2coc3ccccc23)CC1. The lowest BCUT2D eigenvalue weighted by Crippen LogP contribution is -2.51. The summed E-state index contributed by atoms with van der Waals surface area (Å²) < 4.78 is 5.47. The van der Waals surface area contributed by atoms with Gasteiger partial charge in [-0.2, -0.15) is 0 Å². The van der Waals surface area contributed by atoms with E-state index >= 15 is 0 Å². The predicted octanol–water partition coefficient (Wildman–Crippen LogP) is 2.11. The van der Waals surface area contributed by atoms with E-state index in [1.54, 1.807) is 6.26 Å². The quantitative estimate of drug-likeness (QED) is 0.903. The molecule has 1 aromatic carbocycles. The molecular weight excluding hydrogens is 318 g/mol. The van der Waals surface area contributed by atoms with Crippen molar-refractivity contribution in [3.63, 3.8) is 0 Å². The van der Waals surface area contributed by atoms with Gasteiger partial charge in [0, 0.05) is 37.6 Å². The molecule has 0 spiro atoms. The van der Waals surface area contributed by atoms with E-state index < -0.39 is 0 Å². The van der Waals surface area contributed by atoms with Crippen molar-refractivity contribution < 1.29 is 14.0 Å². The number of hydrogen-bond donors (Lipinski definition) is 1. The molecule has 2 heterocycles. The maximum absolute atomic E-state index is 12.8. The smallest absolute Gasteiger partial charge is 0.257 e. The number of nitrogens with one attached hydrogen (secondary N) is 1. The second kappa shape index (κ2) is 7.70. The van der Waals surface area contributed by atoms with Gasteiger partial charge in [0.15, 0.2) is 0 Å². The minimum absolute atomic E-state index is 0.00587. The van der Waals surface area contributed by atoms with Gasteiger partial charge in [0.1, 0.15) is 11.8 Å². The highest BCUT2D eigenvalue weighted by molar-refractivity contribution is 6.05. The van der Waals surface area contributed by atoms with Gasteiger partial charge in [0.05, 0.1) is 12.1 Å². The van der Waals surface area contributed by atoms with Crippen molar-refractivity contribution in [1.29, 1.82) is 0 Å². The molecule has 1 aliphatic heterocycles. The van der Waals surface area contributed by atoms with Crippen LogP contribution in [0.25, 0.3) is 11.0 Å². The van der Waals surface area contributed by atoms with Gasteiger partial charge in [0.2, 0.25) is 5.91 Å². The van der Waals surface area contributed by atoms with Gasteiger partial charge in [0.25, 0.3) is 5.91 Å². The molecule has 1 aliphatic rings. The van der Waals surface area contributed by atoms with E-state index in [2.05, 4.69) is 17.1 Å². The van der Waals surface area contributed by atoms with Crippen LogP contribution in [0.3, 0.4) is 0 Å². The van der Waals surface area contributed by atoms with Crippen LogP contribution in [0.4, 0.5) is 0 Å². The molecule has 2 amide bonds. The molecule has 0 aliphatic carbocycles. The van der Waals surface area contributed by atoms with Crippen molar-refractivity contribution >= 4 is 22.8 Å². The summed E-state index contributed by atoms with van der Waals surface area (Å²) in [5.41, 5.74) is 1.34. The summed E-state index contributed by atoms with van der Waals surface area (Å²) in [6.45, 7) is 7.09. The fourth-order valence-electron chi connectivity index (χ4n) is 3.05. The monoisotopic (exact) mass is 343 g/mol. The third-order valence-electron chi connectivity index (χ3n) is 4.76. The second-order valence-electron chi connectivity index (χ2n) is 6.59. The average Bonchev–Trinajstić information content (AvgIpc) is 3.05. The van der Waals surface area contributed by atoms with E-state index in [1.807, 2.05) is 36.1 Å². The third kappa shape index (κ3) is 4.02. The Labute approximate surface area is 147 Å². The van der Waals surface area contributed by atoms with Crippen LogP contribution in [0.5, 0.6) is 0 Å². The van der Waals surface area contributed by atoms with Crippen LogP contribution in [0.1, 0.15) is 30.6 Å². The first-order chi connectivity index (χ1) is 12.1. The molecule has 0 bridgehead atoms. The lowest BCUT2D eigenvalue weighted by molar-refractivity contribution is -0.123. The number of rotatable bonds is 5. The average molecular weight is 343 g/mol. The number of benzene rings is 1. The molecule has 6 nitrogen and oxygen atoms in total. The number of amides is 2. The first-order valence-electron chi connectivity index (χ1n) is 8.85. The van der Waals surface area contributed by atoms with Crippen molar-refractivity contribution in [2.24, 2.45) is 0 Å². The van der Waals surface area contributed by atoms with Gasteiger partial charge in [-0.15, -0.1) is 0 Å². The number of para-hydroxylation sites is 1. The number of fused-ring (bicyclic) bond motifs is 1. The molecular formula is C19H25N3O3. The Balaban J connectivity index is 1.55. The van der Waals surface area contributed by atoms with Crippen LogP contribution in [-0.4, -0.2) is 60.4 Å². The third-order valence-corrected chi connectivity index (χ3v) is 4.76. The second-order valence-corrected chi connectivity index (χ2v) is 6.59. The van der Waals surface area contributed by atoms with Crippen molar-refractivity contribution in [3.05, 3.63) is 36.1 Å². The van der Waals surface area contributed by atoms with Gasteiger partial charge in [-0.1, -0.05) is 25.1 Å². The highest BCUT2D eigenvalue weighted by atomic mass is 16.3. The summed E-state index contributed by atoms with van der Waals surface area (Å²) in [7, 11) is 0. The van der Waals surface area contributed by atoms with Crippen molar-refractivity contribution in [2.75, 3.05) is 32.7 Å². The number of furan rings is 1. The molecule has 1 unspecified atom stereocenters. The number of nitrogens with zero attached hydrogens (tertiary/aromatic N) is 2. The molecule has 0 saturated carbocycles. The fraction of sp³-hybridized carbons (Fsp3) is 0.474. The van der Waals surface area contributed by atoms with E-state index in [9.17, 15) is 9.59 Å². The molecule has 2 aromatic rings. The van der Waals surface area contributed by atoms with Crippen LogP contribution in [-0.2, 0) is 4.79 Å². The normalized spacial score (nSPS) is 16.8. The highest BCUT2D eigenvalue weighted by Gasteiger charge is 2.25. The van der Waals surface area contributed by atoms with E-state index in [1.165, 1.54) is 0 Å². The van der Waals surface area contributed by atoms with Crippen LogP contribution in [0.15, 0.2) is 34.9 Å². The predicted molar refractivity (Wildman–Crippen MR) is 96.5 cm³/mol. The Hall–Kier alpha value is -2.34. The summed E-state index contributed by atoms with van der Waals surface area (Å²) in [4.78, 5) is 28.7. The summed E-state index contributed by atoms with van der Waals surface area (Å²) in [5.74, 6) is 0.0450. The Kier molecular flexibility index (Phi) is 5.38. The van der Waals surface area contributed by atoms with Gasteiger partial charge in [-0.25, -0.2) is 0 Å². The molecule has 1 saturated heterocycles. The number of carbonyl (C=O) groups is 2. The molecule has 6 heteroatoms. The molecule has 1 aromatic heterocycles. The summed E-state index contributed by atoms with van der Waals surface area (Å²) in [6, 6.07) is 7.76. The lowest BCUT2D eigenvalue weighted by atomic mass is 10.1. The molecule has 25 heavy (non-hydrogen) atoms. The van der Waals surface area contributed by atoms with Crippen LogP contribution >= 0.6 is 0 Å². The zero-order chi connectivity index (χ0) is 17.8. The first kappa shape index (κ1) is 17.5. The molecule has 134 valence electrons. The first-order valence-corrected chi connectivity index (χ1v) is 8.85. The summed E-state index contributed by atoms with van der Waals surface area (Å²) >= 11 is 0.